The van der Waals surface area contributed by atoms with E-state index in [1.165, 1.54) is 0 Å². The van der Waals surface area contributed by atoms with Crippen molar-refractivity contribution in [3.63, 3.8) is 0 Å². The third-order valence-corrected chi connectivity index (χ3v) is 6.95. The number of carbonyl (C=O) groups is 2. The van der Waals surface area contributed by atoms with Gasteiger partial charge >= 0.3 is 47.7 Å². The molecule has 1 unspecified atom stereocenters. The summed E-state index contributed by atoms with van der Waals surface area (Å²) in [5.74, 6) is -43.6. The van der Waals surface area contributed by atoms with Crippen LogP contribution in [0.4, 0.5) is 62.1 Å². The molecule has 0 aliphatic heterocycles. The predicted octanol–water partition coefficient (Wildman–Crippen LogP) is 6.73. The van der Waals surface area contributed by atoms with Crippen LogP contribution in [-0.2, 0) is 22.4 Å². The van der Waals surface area contributed by atoms with Gasteiger partial charge in [-0.25, -0.2) is 4.79 Å². The van der Waals surface area contributed by atoms with E-state index < -0.39 is 58.2 Å². The molecule has 4 nitrogen and oxygen atoms in total. The maximum absolute atomic E-state index is 14.2. The Hall–Kier alpha value is -2.27. The molecule has 1 heterocycles. The lowest BCUT2D eigenvalue weighted by molar-refractivity contribution is -0.435. The van der Waals surface area contributed by atoms with Crippen molar-refractivity contribution in [3.8, 4) is 0 Å². The van der Waals surface area contributed by atoms with Crippen LogP contribution in [0.3, 0.4) is 0 Å². The molecule has 1 aromatic rings. The second kappa shape index (κ2) is 9.48. The molecule has 0 bridgehead atoms. The van der Waals surface area contributed by atoms with Gasteiger partial charge in [-0.15, -0.1) is 11.3 Å². The number of ether oxygens (including phenoxy) is 1. The Kier molecular flexibility index (Phi) is 7.93. The Morgan fingerprint density at radius 3 is 1.86 bits per heavy atom. The lowest BCUT2D eigenvalue weighted by Crippen LogP contribution is -2.71. The monoisotopic (exact) mass is 585 g/mol. The quantitative estimate of drug-likeness (QED) is 0.272. The summed E-state index contributed by atoms with van der Waals surface area (Å²) in [5.41, 5.74) is -0.473. The molecule has 0 saturated carbocycles. The van der Waals surface area contributed by atoms with Gasteiger partial charge in [0.05, 0.1) is 12.7 Å². The molecule has 0 aromatic carbocycles. The first-order chi connectivity index (χ1) is 16.5. The summed E-state index contributed by atoms with van der Waals surface area (Å²) < 4.78 is 177. The van der Waals surface area contributed by atoms with Gasteiger partial charge in [-0.3, -0.25) is 4.79 Å². The fraction of sp³-hybridized carbons (Fsp3) is 0.684. The number of carbonyl (C=O) groups excluding carboxylic acids is 2. The van der Waals surface area contributed by atoms with Crippen LogP contribution in [0.25, 0.3) is 0 Å². The van der Waals surface area contributed by atoms with Crippen molar-refractivity contribution in [2.24, 2.45) is 5.92 Å². The highest BCUT2D eigenvalue weighted by Crippen LogP contribution is 2.60. The van der Waals surface area contributed by atoms with Crippen LogP contribution in [0.1, 0.15) is 40.6 Å². The van der Waals surface area contributed by atoms with E-state index in [1.54, 1.807) is 6.92 Å². The Bertz CT molecular complexity index is 1050. The fourth-order valence-corrected chi connectivity index (χ4v) is 4.85. The Morgan fingerprint density at radius 1 is 0.892 bits per heavy atom. The van der Waals surface area contributed by atoms with E-state index in [4.69, 9.17) is 0 Å². The van der Waals surface area contributed by atoms with Crippen molar-refractivity contribution in [2.75, 3.05) is 12.4 Å². The topological polar surface area (TPSA) is 55.4 Å². The van der Waals surface area contributed by atoms with E-state index >= 15 is 0 Å². The number of alkyl halides is 13. The summed E-state index contributed by atoms with van der Waals surface area (Å²) >= 11 is 0.385. The van der Waals surface area contributed by atoms with Gasteiger partial charge in [0, 0.05) is 4.88 Å². The van der Waals surface area contributed by atoms with Crippen LogP contribution in [0.15, 0.2) is 0 Å². The number of rotatable bonds is 8. The number of anilines is 1. The van der Waals surface area contributed by atoms with Gasteiger partial charge in [0.2, 0.25) is 0 Å². The molecule has 37 heavy (non-hydrogen) atoms. The summed E-state index contributed by atoms with van der Waals surface area (Å²) in [5, 5.41) is 0.0894. The number of esters is 1. The van der Waals surface area contributed by atoms with Crippen molar-refractivity contribution in [2.45, 2.75) is 68.4 Å². The standard InChI is InChI=1S/C19H16F13NO3S/c1-3-7-4-5-8-9(6-7)37-11(10(8)12(34)36-2)33-13(35)14(20,21)15(22,23)16(24,25)17(26,27)18(28,29)19(30,31)32/h7H,3-6H2,1-2H3,(H,33,35). The van der Waals surface area contributed by atoms with Gasteiger partial charge in [0.1, 0.15) is 5.00 Å². The van der Waals surface area contributed by atoms with Crippen molar-refractivity contribution in [3.05, 3.63) is 16.0 Å². The van der Waals surface area contributed by atoms with E-state index in [1.807, 2.05) is 0 Å². The number of methoxy groups -OCH3 is 1. The Morgan fingerprint density at radius 2 is 1.41 bits per heavy atom. The normalized spacial score (nSPS) is 17.9. The first-order valence-corrected chi connectivity index (χ1v) is 10.8. The average Bonchev–Trinajstić information content (AvgIpc) is 3.13. The molecule has 0 fully saturated rings. The number of amides is 1. The summed E-state index contributed by atoms with van der Waals surface area (Å²) in [6.07, 6.45) is -6.15. The zero-order chi connectivity index (χ0) is 29.0. The van der Waals surface area contributed by atoms with Gasteiger partial charge < -0.3 is 10.1 Å². The second-order valence-electron chi connectivity index (χ2n) is 8.04. The van der Waals surface area contributed by atoms with Crippen molar-refractivity contribution in [1.82, 2.24) is 0 Å². The molecule has 1 atom stereocenters. The van der Waals surface area contributed by atoms with Gasteiger partial charge in [0.15, 0.2) is 0 Å². The Labute approximate surface area is 203 Å². The number of nitrogens with one attached hydrogen (secondary N) is 1. The molecular weight excluding hydrogens is 569 g/mol. The molecule has 212 valence electrons. The molecular formula is C19H16F13NO3S. The van der Waals surface area contributed by atoms with Gasteiger partial charge in [-0.1, -0.05) is 13.3 Å². The lowest BCUT2D eigenvalue weighted by Gasteiger charge is -2.39. The van der Waals surface area contributed by atoms with Crippen LogP contribution >= 0.6 is 11.3 Å². The minimum atomic E-state index is -8.13. The molecule has 1 aliphatic rings. The molecule has 1 amide bonds. The molecule has 1 N–H and O–H groups in total. The van der Waals surface area contributed by atoms with E-state index in [2.05, 4.69) is 4.74 Å². The van der Waals surface area contributed by atoms with Gasteiger partial charge in [-0.2, -0.15) is 57.1 Å². The SMILES string of the molecule is CCC1CCc2c(sc(NC(=O)C(F)(F)C(F)(F)C(F)(F)C(F)(F)C(F)(F)C(F)(F)F)c2C(=O)OC)C1. The highest BCUT2D eigenvalue weighted by atomic mass is 32.1. The minimum Gasteiger partial charge on any atom is -0.465 e. The molecule has 0 saturated heterocycles. The number of hydrogen-bond donors (Lipinski definition) is 1. The molecule has 18 heteroatoms. The average molecular weight is 585 g/mol. The van der Waals surface area contributed by atoms with Gasteiger partial charge in [0.25, 0.3) is 0 Å². The van der Waals surface area contributed by atoms with Gasteiger partial charge in [-0.05, 0) is 30.7 Å². The highest BCUT2D eigenvalue weighted by Gasteiger charge is 2.91. The smallest absolute Gasteiger partial charge is 0.460 e. The second-order valence-corrected chi connectivity index (χ2v) is 9.15. The first kappa shape index (κ1) is 31.0. The molecule has 0 radical (unpaired) electrons. The summed E-state index contributed by atoms with van der Waals surface area (Å²) in [6, 6.07) is 0. The van der Waals surface area contributed by atoms with Crippen LogP contribution < -0.4 is 5.32 Å². The van der Waals surface area contributed by atoms with Crippen molar-refractivity contribution >= 4 is 28.2 Å². The minimum absolute atomic E-state index is 0.0159. The van der Waals surface area contributed by atoms with Crippen molar-refractivity contribution < 1.29 is 71.4 Å². The maximum atomic E-state index is 14.2. The van der Waals surface area contributed by atoms with E-state index in [9.17, 15) is 66.7 Å². The zero-order valence-electron chi connectivity index (χ0n) is 18.5. The molecule has 1 aliphatic carbocycles. The number of thiophene rings is 1. The number of halogens is 13. The number of fused-ring (bicyclic) bond motifs is 1. The van der Waals surface area contributed by atoms with E-state index in [-0.39, 0.29) is 24.3 Å². The number of hydrogen-bond acceptors (Lipinski definition) is 4. The fourth-order valence-electron chi connectivity index (χ4n) is 3.50. The van der Waals surface area contributed by atoms with Crippen molar-refractivity contribution in [1.29, 1.82) is 0 Å². The zero-order valence-corrected chi connectivity index (χ0v) is 19.3. The van der Waals surface area contributed by atoms with Crippen LogP contribution in [0, 0.1) is 5.92 Å². The highest BCUT2D eigenvalue weighted by molar-refractivity contribution is 7.17. The maximum Gasteiger partial charge on any atom is 0.460 e. The third-order valence-electron chi connectivity index (χ3n) is 5.78. The summed E-state index contributed by atoms with van der Waals surface area (Å²) in [4.78, 5) is 24.3. The van der Waals surface area contributed by atoms with Crippen LogP contribution in [0.5, 0.6) is 0 Å². The summed E-state index contributed by atoms with van der Waals surface area (Å²) in [7, 11) is 0.807. The largest absolute Gasteiger partial charge is 0.465 e. The molecule has 1 aromatic heterocycles. The Balaban J connectivity index is 2.52. The van der Waals surface area contributed by atoms with Crippen LogP contribution in [-0.4, -0.2) is 54.8 Å². The third kappa shape index (κ3) is 4.62. The van der Waals surface area contributed by atoms with E-state index in [0.717, 1.165) is 12.4 Å². The predicted molar refractivity (Wildman–Crippen MR) is 101 cm³/mol. The lowest BCUT2D eigenvalue weighted by atomic mass is 9.85. The molecule has 2 rings (SSSR count). The van der Waals surface area contributed by atoms with Crippen LogP contribution in [0.2, 0.25) is 0 Å². The molecule has 0 spiro atoms. The summed E-state index contributed by atoms with van der Waals surface area (Å²) in [6.45, 7) is 1.79. The first-order valence-electron chi connectivity index (χ1n) is 10.0. The van der Waals surface area contributed by atoms with E-state index in [0.29, 0.717) is 29.1 Å².